The maximum atomic E-state index is 14.4. The average Bonchev–Trinajstić information content (AvgIpc) is 2.95. The highest BCUT2D eigenvalue weighted by molar-refractivity contribution is 6.45. The minimum atomic E-state index is -0.580. The van der Waals surface area contributed by atoms with Gasteiger partial charge in [-0.05, 0) is 61.9 Å². The third kappa shape index (κ3) is 3.01. The van der Waals surface area contributed by atoms with E-state index < -0.39 is 17.6 Å². The molecule has 2 aromatic carbocycles. The van der Waals surface area contributed by atoms with Crippen molar-refractivity contribution >= 4 is 23.1 Å². The Labute approximate surface area is 164 Å². The number of anilines is 1. The summed E-state index contributed by atoms with van der Waals surface area (Å²) < 4.78 is 14.4. The van der Waals surface area contributed by atoms with Gasteiger partial charge in [0, 0.05) is 13.1 Å². The number of imide groups is 1. The number of nitrogens with zero attached hydrogens (tertiary/aromatic N) is 2. The van der Waals surface area contributed by atoms with Crippen LogP contribution >= 0.6 is 0 Å². The Bertz CT molecular complexity index is 990. The molecule has 0 unspecified atom stereocenters. The molecule has 0 atom stereocenters. The molecule has 2 heterocycles. The van der Waals surface area contributed by atoms with E-state index in [2.05, 4.69) is 0 Å². The number of piperidine rings is 1. The Morgan fingerprint density at radius 3 is 2.25 bits per heavy atom. The molecule has 4 rings (SSSR count). The van der Waals surface area contributed by atoms with Crippen molar-refractivity contribution < 1.29 is 14.0 Å². The first-order valence-electron chi connectivity index (χ1n) is 9.69. The Morgan fingerprint density at radius 1 is 0.857 bits per heavy atom. The predicted molar refractivity (Wildman–Crippen MR) is 107 cm³/mol. The van der Waals surface area contributed by atoms with Crippen LogP contribution in [-0.4, -0.2) is 29.8 Å². The summed E-state index contributed by atoms with van der Waals surface area (Å²) in [4.78, 5) is 29.7. The minimum Gasteiger partial charge on any atom is -0.366 e. The van der Waals surface area contributed by atoms with Gasteiger partial charge in [0.05, 0.1) is 11.3 Å². The van der Waals surface area contributed by atoms with Crippen molar-refractivity contribution in [2.24, 2.45) is 0 Å². The molecule has 2 aromatic rings. The van der Waals surface area contributed by atoms with Gasteiger partial charge < -0.3 is 4.90 Å². The van der Waals surface area contributed by atoms with Crippen molar-refractivity contribution in [3.8, 4) is 0 Å². The molecule has 1 fully saturated rings. The molecule has 2 aliphatic heterocycles. The van der Waals surface area contributed by atoms with Crippen LogP contribution in [0, 0.1) is 19.7 Å². The van der Waals surface area contributed by atoms with Gasteiger partial charge in [-0.3, -0.25) is 9.59 Å². The van der Waals surface area contributed by atoms with Crippen molar-refractivity contribution in [1.29, 1.82) is 0 Å². The third-order valence-electron chi connectivity index (χ3n) is 5.62. The Morgan fingerprint density at radius 2 is 1.57 bits per heavy atom. The maximum Gasteiger partial charge on any atom is 0.282 e. The molecule has 1 saturated heterocycles. The van der Waals surface area contributed by atoms with Crippen LogP contribution in [0.1, 0.15) is 36.0 Å². The number of carbonyl (C=O) groups excluding carboxylic acids is 2. The van der Waals surface area contributed by atoms with Crippen LogP contribution in [0.2, 0.25) is 0 Å². The van der Waals surface area contributed by atoms with E-state index in [4.69, 9.17) is 0 Å². The van der Waals surface area contributed by atoms with Gasteiger partial charge in [-0.1, -0.05) is 30.3 Å². The molecule has 4 nitrogen and oxygen atoms in total. The number of rotatable bonds is 3. The van der Waals surface area contributed by atoms with Gasteiger partial charge in [0.1, 0.15) is 11.5 Å². The van der Waals surface area contributed by atoms with Gasteiger partial charge in [0.25, 0.3) is 11.8 Å². The van der Waals surface area contributed by atoms with E-state index in [0.717, 1.165) is 48.4 Å². The highest BCUT2D eigenvalue weighted by Crippen LogP contribution is 2.37. The number of hydrogen-bond acceptors (Lipinski definition) is 3. The number of likely N-dealkylation sites (tertiary alicyclic amines) is 1. The highest BCUT2D eigenvalue weighted by atomic mass is 19.1. The van der Waals surface area contributed by atoms with E-state index in [1.54, 1.807) is 12.1 Å². The molecule has 0 spiro atoms. The van der Waals surface area contributed by atoms with E-state index in [-0.39, 0.29) is 5.69 Å². The van der Waals surface area contributed by atoms with E-state index in [1.165, 1.54) is 12.1 Å². The standard InChI is InChI=1S/C23H23FN2O2/c1-15-10-11-17(14-16(15)2)20-21(25-12-6-3-7-13-25)23(28)26(22(20)27)19-9-5-4-8-18(19)24/h4-5,8-11,14H,3,6-7,12-13H2,1-2H3. The zero-order valence-electron chi connectivity index (χ0n) is 16.2. The first kappa shape index (κ1) is 18.4. The molecule has 0 aliphatic carbocycles. The van der Waals surface area contributed by atoms with Crippen LogP contribution in [0.15, 0.2) is 48.2 Å². The largest absolute Gasteiger partial charge is 0.366 e. The summed E-state index contributed by atoms with van der Waals surface area (Å²) in [5, 5.41) is 0. The molecule has 5 heteroatoms. The maximum absolute atomic E-state index is 14.4. The zero-order chi connectivity index (χ0) is 19.8. The van der Waals surface area contributed by atoms with Crippen molar-refractivity contribution in [3.63, 3.8) is 0 Å². The fourth-order valence-corrected chi connectivity index (χ4v) is 3.94. The van der Waals surface area contributed by atoms with Crippen molar-refractivity contribution in [2.75, 3.05) is 18.0 Å². The zero-order valence-corrected chi connectivity index (χ0v) is 16.2. The first-order valence-corrected chi connectivity index (χ1v) is 9.69. The lowest BCUT2D eigenvalue weighted by atomic mass is 9.98. The second kappa shape index (κ2) is 7.23. The van der Waals surface area contributed by atoms with Gasteiger partial charge in [0.2, 0.25) is 0 Å². The number of benzene rings is 2. The molecule has 0 radical (unpaired) electrons. The molecule has 0 N–H and O–H groups in total. The SMILES string of the molecule is Cc1ccc(C2=C(N3CCCCC3)C(=O)N(c3ccccc3F)C2=O)cc1C. The molecule has 0 bridgehead atoms. The molecule has 0 saturated carbocycles. The molecule has 0 aromatic heterocycles. The smallest absolute Gasteiger partial charge is 0.282 e. The lowest BCUT2D eigenvalue weighted by molar-refractivity contribution is -0.120. The van der Waals surface area contributed by atoms with Crippen molar-refractivity contribution in [3.05, 3.63) is 70.7 Å². The van der Waals surface area contributed by atoms with Gasteiger partial charge in [0.15, 0.2) is 0 Å². The number of carbonyl (C=O) groups is 2. The summed E-state index contributed by atoms with van der Waals surface area (Å²) in [6, 6.07) is 11.7. The van der Waals surface area contributed by atoms with E-state index in [1.807, 2.05) is 36.9 Å². The van der Waals surface area contributed by atoms with E-state index in [0.29, 0.717) is 16.8 Å². The second-order valence-corrected chi connectivity index (χ2v) is 7.47. The lowest BCUT2D eigenvalue weighted by Gasteiger charge is -2.29. The summed E-state index contributed by atoms with van der Waals surface area (Å²) in [6.45, 7) is 5.45. The lowest BCUT2D eigenvalue weighted by Crippen LogP contribution is -2.37. The third-order valence-corrected chi connectivity index (χ3v) is 5.62. The van der Waals surface area contributed by atoms with Crippen LogP contribution in [-0.2, 0) is 9.59 Å². The van der Waals surface area contributed by atoms with Crippen LogP contribution in [0.4, 0.5) is 10.1 Å². The topological polar surface area (TPSA) is 40.6 Å². The van der Waals surface area contributed by atoms with Gasteiger partial charge in [-0.15, -0.1) is 0 Å². The van der Waals surface area contributed by atoms with Crippen molar-refractivity contribution in [2.45, 2.75) is 33.1 Å². The molecule has 2 aliphatic rings. The molecule has 2 amide bonds. The Balaban J connectivity index is 1.87. The second-order valence-electron chi connectivity index (χ2n) is 7.47. The Hall–Kier alpha value is -2.95. The van der Waals surface area contributed by atoms with Crippen LogP contribution < -0.4 is 4.90 Å². The van der Waals surface area contributed by atoms with E-state index >= 15 is 0 Å². The minimum absolute atomic E-state index is 0.00541. The fraction of sp³-hybridized carbons (Fsp3) is 0.304. The van der Waals surface area contributed by atoms with Crippen molar-refractivity contribution in [1.82, 2.24) is 4.90 Å². The van der Waals surface area contributed by atoms with Crippen LogP contribution in [0.3, 0.4) is 0 Å². The number of amides is 2. The van der Waals surface area contributed by atoms with Gasteiger partial charge >= 0.3 is 0 Å². The summed E-state index contributed by atoms with van der Waals surface area (Å²) in [7, 11) is 0. The van der Waals surface area contributed by atoms with Crippen LogP contribution in [0.5, 0.6) is 0 Å². The normalized spacial score (nSPS) is 17.7. The highest BCUT2D eigenvalue weighted by Gasteiger charge is 2.43. The summed E-state index contributed by atoms with van der Waals surface area (Å²) in [5.41, 5.74) is 3.65. The Kier molecular flexibility index (Phi) is 4.75. The quantitative estimate of drug-likeness (QED) is 0.751. The van der Waals surface area contributed by atoms with Gasteiger partial charge in [-0.2, -0.15) is 0 Å². The summed E-state index contributed by atoms with van der Waals surface area (Å²) in [5.74, 6) is -1.48. The molecule has 28 heavy (non-hydrogen) atoms. The van der Waals surface area contributed by atoms with Crippen LogP contribution in [0.25, 0.3) is 5.57 Å². The molecular weight excluding hydrogens is 355 g/mol. The monoisotopic (exact) mass is 378 g/mol. The number of halogens is 1. The number of hydrogen-bond donors (Lipinski definition) is 0. The first-order chi connectivity index (χ1) is 13.5. The molecule has 144 valence electrons. The summed E-state index contributed by atoms with van der Waals surface area (Å²) in [6.07, 6.45) is 3.07. The number of para-hydroxylation sites is 1. The molecular formula is C23H23FN2O2. The summed E-state index contributed by atoms with van der Waals surface area (Å²) >= 11 is 0. The fourth-order valence-electron chi connectivity index (χ4n) is 3.94. The number of aryl methyl sites for hydroxylation is 2. The van der Waals surface area contributed by atoms with E-state index in [9.17, 15) is 14.0 Å². The predicted octanol–water partition coefficient (Wildman–Crippen LogP) is 4.21. The average molecular weight is 378 g/mol. The van der Waals surface area contributed by atoms with Gasteiger partial charge in [-0.25, -0.2) is 9.29 Å².